The molecule has 5 nitrogen and oxygen atoms in total. The summed E-state index contributed by atoms with van der Waals surface area (Å²) in [6.45, 7) is 11.7. The summed E-state index contributed by atoms with van der Waals surface area (Å²) in [6.07, 6.45) is 0.166. The van der Waals surface area contributed by atoms with E-state index in [2.05, 4.69) is 5.32 Å². The fourth-order valence-corrected chi connectivity index (χ4v) is 4.40. The second-order valence-corrected chi connectivity index (χ2v) is 10.0. The molecule has 8 heteroatoms. The fraction of sp³-hybridized carbons (Fsp3) is 0.800. The maximum atomic E-state index is 12.7. The average molecular weight is 376 g/mol. The third-order valence-electron chi connectivity index (χ3n) is 3.29. The van der Waals surface area contributed by atoms with Crippen LogP contribution in [0.2, 0.25) is 0 Å². The highest BCUT2D eigenvalue weighted by Gasteiger charge is 2.40. The van der Waals surface area contributed by atoms with Crippen molar-refractivity contribution in [1.82, 2.24) is 9.99 Å². The monoisotopic (exact) mass is 376 g/mol. The van der Waals surface area contributed by atoms with Gasteiger partial charge in [-0.3, -0.25) is 14.4 Å². The summed E-state index contributed by atoms with van der Waals surface area (Å²) in [5.74, 6) is 0.0927. The lowest BCUT2D eigenvalue weighted by Crippen LogP contribution is -2.52. The summed E-state index contributed by atoms with van der Waals surface area (Å²) in [6, 6.07) is -0.363. The Hall–Kier alpha value is -0.360. The van der Waals surface area contributed by atoms with Crippen LogP contribution >= 0.6 is 19.3 Å². The zero-order chi connectivity index (χ0) is 18.0. The van der Waals surface area contributed by atoms with E-state index in [1.54, 1.807) is 0 Å². The zero-order valence-electron chi connectivity index (χ0n) is 14.5. The van der Waals surface area contributed by atoms with Crippen LogP contribution < -0.4 is 5.32 Å². The van der Waals surface area contributed by atoms with E-state index in [1.807, 2.05) is 41.5 Å². The Kier molecular flexibility index (Phi) is 6.91. The number of amides is 2. The van der Waals surface area contributed by atoms with Gasteiger partial charge in [0.25, 0.3) is 5.91 Å². The molecular formula is C15H25N2O3PS2. The van der Waals surface area contributed by atoms with Crippen molar-refractivity contribution in [3.8, 4) is 0 Å². The van der Waals surface area contributed by atoms with Crippen LogP contribution in [0.5, 0.6) is 0 Å². The summed E-state index contributed by atoms with van der Waals surface area (Å²) in [5.41, 5.74) is -0.683. The van der Waals surface area contributed by atoms with Crippen LogP contribution in [0.1, 0.15) is 48.0 Å². The minimum Gasteiger partial charge on any atom is -0.302 e. The largest absolute Gasteiger partial charge is 0.302 e. The maximum Gasteiger partial charge on any atom is 0.251 e. The Bertz CT molecular complexity index is 512. The number of nitrogens with zero attached hydrogens (tertiary/aromatic N) is 1. The van der Waals surface area contributed by atoms with Gasteiger partial charge in [0, 0.05) is 23.1 Å². The Morgan fingerprint density at radius 3 is 2.30 bits per heavy atom. The minimum absolute atomic E-state index is 0.106. The van der Waals surface area contributed by atoms with Crippen LogP contribution in [-0.2, 0) is 26.2 Å². The lowest BCUT2D eigenvalue weighted by Gasteiger charge is -2.32. The summed E-state index contributed by atoms with van der Waals surface area (Å²) >= 11 is 6.16. The van der Waals surface area contributed by atoms with Gasteiger partial charge in [-0.1, -0.05) is 20.8 Å². The molecule has 1 unspecified atom stereocenters. The quantitative estimate of drug-likeness (QED) is 0.568. The standard InChI is InChI=1S/C15H25N2O3PS2/c1-14(2,3)12(19)9(16-15(4,5)6)8-23-10-7-11(18)17(21-22)13(10)20/h9-10,16H,7-8H2,1-6H3/t9-,10?/m0/s1. The van der Waals surface area contributed by atoms with Crippen LogP contribution in [0.25, 0.3) is 0 Å². The molecule has 130 valence electrons. The highest BCUT2D eigenvalue weighted by atomic mass is 32.4. The van der Waals surface area contributed by atoms with Crippen molar-refractivity contribution in [3.63, 3.8) is 0 Å². The summed E-state index contributed by atoms with van der Waals surface area (Å²) < 4.78 is 1.09. The molecular weight excluding hydrogens is 351 g/mol. The van der Waals surface area contributed by atoms with Gasteiger partial charge in [0.05, 0.1) is 11.3 Å². The Morgan fingerprint density at radius 1 is 1.35 bits per heavy atom. The maximum absolute atomic E-state index is 12.7. The smallest absolute Gasteiger partial charge is 0.251 e. The molecule has 0 aromatic heterocycles. The first-order valence-corrected chi connectivity index (χ1v) is 10.4. The van der Waals surface area contributed by atoms with E-state index < -0.39 is 10.7 Å². The second-order valence-electron chi connectivity index (χ2n) is 7.71. The number of carbonyl (C=O) groups excluding carboxylic acids is 3. The van der Waals surface area contributed by atoms with E-state index in [9.17, 15) is 14.4 Å². The van der Waals surface area contributed by atoms with Crippen molar-refractivity contribution in [1.29, 1.82) is 0 Å². The highest BCUT2D eigenvalue weighted by molar-refractivity contribution is 8.01. The Balaban J connectivity index is 2.79. The minimum atomic E-state index is -0.468. The van der Waals surface area contributed by atoms with Crippen LogP contribution in [0.3, 0.4) is 0 Å². The second kappa shape index (κ2) is 7.68. The molecule has 1 fully saturated rings. The van der Waals surface area contributed by atoms with Crippen molar-refractivity contribution >= 4 is 48.7 Å². The van der Waals surface area contributed by atoms with E-state index >= 15 is 0 Å². The molecule has 2 amide bonds. The molecule has 0 spiro atoms. The number of hydrogen-bond acceptors (Lipinski definition) is 6. The van der Waals surface area contributed by atoms with Gasteiger partial charge >= 0.3 is 0 Å². The van der Waals surface area contributed by atoms with Gasteiger partial charge < -0.3 is 5.32 Å². The topological polar surface area (TPSA) is 66.5 Å². The van der Waals surface area contributed by atoms with Crippen molar-refractivity contribution in [2.24, 2.45) is 5.41 Å². The van der Waals surface area contributed by atoms with Crippen molar-refractivity contribution in [3.05, 3.63) is 0 Å². The molecule has 1 saturated heterocycles. The predicted molar refractivity (Wildman–Crippen MR) is 98.1 cm³/mol. The molecule has 1 aliphatic heterocycles. The number of Topliss-reactive ketones (excluding diaryl/α,β-unsaturated/α-hetero) is 1. The van der Waals surface area contributed by atoms with E-state index in [-0.39, 0.29) is 43.1 Å². The van der Waals surface area contributed by atoms with Gasteiger partial charge in [-0.25, -0.2) is 4.67 Å². The molecule has 1 aliphatic rings. The Morgan fingerprint density at radius 2 is 1.91 bits per heavy atom. The first kappa shape index (κ1) is 20.7. The molecule has 0 aromatic carbocycles. The molecule has 0 aliphatic carbocycles. The molecule has 23 heavy (non-hydrogen) atoms. The SMILES string of the molecule is CC(C)(C)N[C@@H](CSC1CC(=O)N(P=S)C1=O)C(=O)C(C)(C)C. The summed E-state index contributed by atoms with van der Waals surface area (Å²) in [7, 11) is 0.243. The molecule has 0 aromatic rings. The van der Waals surface area contributed by atoms with Crippen molar-refractivity contribution in [2.45, 2.75) is 64.8 Å². The third kappa shape index (κ3) is 5.89. The third-order valence-corrected chi connectivity index (χ3v) is 5.66. The van der Waals surface area contributed by atoms with E-state index in [4.69, 9.17) is 11.8 Å². The molecule has 0 saturated carbocycles. The van der Waals surface area contributed by atoms with Crippen LogP contribution in [0, 0.1) is 5.41 Å². The van der Waals surface area contributed by atoms with Gasteiger partial charge in [0.15, 0.2) is 5.78 Å². The predicted octanol–water partition coefficient (Wildman–Crippen LogP) is 2.54. The Labute approximate surface area is 149 Å². The van der Waals surface area contributed by atoms with Crippen LogP contribution in [0.15, 0.2) is 0 Å². The number of hydrogen-bond donors (Lipinski definition) is 1. The molecule has 1 rings (SSSR count). The van der Waals surface area contributed by atoms with E-state index in [0.717, 1.165) is 4.67 Å². The average Bonchev–Trinajstić information content (AvgIpc) is 2.65. The molecule has 1 N–H and O–H groups in total. The highest BCUT2D eigenvalue weighted by Crippen LogP contribution is 2.30. The zero-order valence-corrected chi connectivity index (χ0v) is 17.0. The number of rotatable bonds is 6. The molecule has 0 bridgehead atoms. The number of imide groups is 1. The van der Waals surface area contributed by atoms with Crippen LogP contribution in [-0.4, -0.2) is 44.9 Å². The first-order chi connectivity index (χ1) is 10.4. The van der Waals surface area contributed by atoms with Gasteiger partial charge in [-0.2, -0.15) is 0 Å². The number of carbonyl (C=O) groups is 3. The van der Waals surface area contributed by atoms with Crippen LogP contribution in [0.4, 0.5) is 0 Å². The normalized spacial score (nSPS) is 21.1. The lowest BCUT2D eigenvalue weighted by molar-refractivity contribution is -0.132. The lowest BCUT2D eigenvalue weighted by atomic mass is 9.86. The first-order valence-electron chi connectivity index (χ1n) is 7.50. The van der Waals surface area contributed by atoms with Crippen molar-refractivity contribution in [2.75, 3.05) is 5.75 Å². The van der Waals surface area contributed by atoms with Gasteiger partial charge in [0.1, 0.15) is 7.51 Å². The summed E-state index contributed by atoms with van der Waals surface area (Å²) in [4.78, 5) is 36.5. The number of nitrogens with one attached hydrogen (secondary N) is 1. The van der Waals surface area contributed by atoms with Gasteiger partial charge in [-0.15, -0.1) is 11.8 Å². The molecule has 2 atom stereocenters. The van der Waals surface area contributed by atoms with Gasteiger partial charge in [-0.05, 0) is 32.6 Å². The van der Waals surface area contributed by atoms with E-state index in [0.29, 0.717) is 5.75 Å². The summed E-state index contributed by atoms with van der Waals surface area (Å²) in [5, 5.41) is 2.90. The van der Waals surface area contributed by atoms with E-state index in [1.165, 1.54) is 11.8 Å². The van der Waals surface area contributed by atoms with Crippen molar-refractivity contribution < 1.29 is 14.4 Å². The van der Waals surface area contributed by atoms with Gasteiger partial charge in [0.2, 0.25) is 5.91 Å². The molecule has 0 radical (unpaired) electrons. The fourth-order valence-electron chi connectivity index (χ4n) is 2.25. The number of ketones is 1. The molecule has 1 heterocycles. The number of thioether (sulfide) groups is 1.